The van der Waals surface area contributed by atoms with Gasteiger partial charge in [-0.1, -0.05) is 44.2 Å². The van der Waals surface area contributed by atoms with Crippen LogP contribution in [0.4, 0.5) is 0 Å². The van der Waals surface area contributed by atoms with Gasteiger partial charge in [0.15, 0.2) is 0 Å². The lowest BCUT2D eigenvalue weighted by Gasteiger charge is -2.21. The maximum atomic E-state index is 13.4. The first-order chi connectivity index (χ1) is 13.6. The molecule has 1 unspecified atom stereocenters. The van der Waals surface area contributed by atoms with E-state index >= 15 is 0 Å². The summed E-state index contributed by atoms with van der Waals surface area (Å²) >= 11 is 0. The predicted octanol–water partition coefficient (Wildman–Crippen LogP) is 3.82. The van der Waals surface area contributed by atoms with E-state index in [0.29, 0.717) is 16.7 Å². The molecule has 0 fully saturated rings. The SMILES string of the molecule is CCN(CC)CCCC(N)c1nc2cccc(C)c2c(=O)n1-c1ccccc1. The molecule has 1 aromatic heterocycles. The van der Waals surface area contributed by atoms with Crippen molar-refractivity contribution in [2.75, 3.05) is 19.6 Å². The lowest BCUT2D eigenvalue weighted by molar-refractivity contribution is 0.292. The third-order valence-electron chi connectivity index (χ3n) is 5.36. The van der Waals surface area contributed by atoms with Crippen LogP contribution in [-0.4, -0.2) is 34.1 Å². The van der Waals surface area contributed by atoms with E-state index in [0.717, 1.165) is 43.7 Å². The lowest BCUT2D eigenvalue weighted by Crippen LogP contribution is -2.30. The van der Waals surface area contributed by atoms with Crippen LogP contribution in [-0.2, 0) is 0 Å². The van der Waals surface area contributed by atoms with Crippen LogP contribution in [0.5, 0.6) is 0 Å². The molecular weight excluding hydrogens is 348 g/mol. The summed E-state index contributed by atoms with van der Waals surface area (Å²) in [5.74, 6) is 0.633. The average Bonchev–Trinajstić information content (AvgIpc) is 2.71. The quantitative estimate of drug-likeness (QED) is 0.647. The maximum absolute atomic E-state index is 13.4. The summed E-state index contributed by atoms with van der Waals surface area (Å²) in [4.78, 5) is 20.6. The molecule has 2 aromatic carbocycles. The summed E-state index contributed by atoms with van der Waals surface area (Å²) in [5.41, 5.74) is 8.96. The Morgan fingerprint density at radius 3 is 2.46 bits per heavy atom. The predicted molar refractivity (Wildman–Crippen MR) is 116 cm³/mol. The number of hydrogen-bond donors (Lipinski definition) is 1. The highest BCUT2D eigenvalue weighted by Crippen LogP contribution is 2.21. The summed E-state index contributed by atoms with van der Waals surface area (Å²) in [6.45, 7) is 9.36. The minimum atomic E-state index is -0.298. The van der Waals surface area contributed by atoms with Crippen LogP contribution in [0.1, 0.15) is 44.1 Å². The Balaban J connectivity index is 2.04. The first-order valence-corrected chi connectivity index (χ1v) is 10.1. The first kappa shape index (κ1) is 20.2. The van der Waals surface area contributed by atoms with Gasteiger partial charge in [0, 0.05) is 0 Å². The van der Waals surface area contributed by atoms with Gasteiger partial charge in [0.2, 0.25) is 0 Å². The fraction of sp³-hybridized carbons (Fsp3) is 0.391. The molecule has 5 nitrogen and oxygen atoms in total. The number of fused-ring (bicyclic) bond motifs is 1. The number of benzene rings is 2. The molecule has 3 rings (SSSR count). The number of para-hydroxylation sites is 1. The van der Waals surface area contributed by atoms with Gasteiger partial charge in [-0.05, 0) is 63.2 Å². The molecule has 3 aromatic rings. The van der Waals surface area contributed by atoms with Gasteiger partial charge in [-0.3, -0.25) is 9.36 Å². The topological polar surface area (TPSA) is 64.2 Å². The normalized spacial score (nSPS) is 12.6. The van der Waals surface area contributed by atoms with Crippen molar-refractivity contribution in [3.05, 3.63) is 70.3 Å². The van der Waals surface area contributed by atoms with E-state index in [9.17, 15) is 4.79 Å². The molecular formula is C23H30N4O. The van der Waals surface area contributed by atoms with E-state index in [-0.39, 0.29) is 11.6 Å². The molecule has 1 heterocycles. The smallest absolute Gasteiger partial charge is 0.266 e. The Hall–Kier alpha value is -2.50. The van der Waals surface area contributed by atoms with E-state index in [4.69, 9.17) is 10.7 Å². The van der Waals surface area contributed by atoms with E-state index in [1.807, 2.05) is 55.5 Å². The van der Waals surface area contributed by atoms with Crippen LogP contribution in [0.15, 0.2) is 53.3 Å². The van der Waals surface area contributed by atoms with Gasteiger partial charge in [0.1, 0.15) is 5.82 Å². The molecule has 0 amide bonds. The van der Waals surface area contributed by atoms with E-state index < -0.39 is 0 Å². The Labute approximate surface area is 166 Å². The number of nitrogens with zero attached hydrogens (tertiary/aromatic N) is 3. The van der Waals surface area contributed by atoms with Gasteiger partial charge >= 0.3 is 0 Å². The fourth-order valence-electron chi connectivity index (χ4n) is 3.69. The van der Waals surface area contributed by atoms with Gasteiger partial charge in [-0.15, -0.1) is 0 Å². The van der Waals surface area contributed by atoms with Crippen LogP contribution < -0.4 is 11.3 Å². The Kier molecular flexibility index (Phi) is 6.60. The summed E-state index contributed by atoms with van der Waals surface area (Å²) in [6.07, 6.45) is 1.76. The van der Waals surface area contributed by atoms with Crippen molar-refractivity contribution in [2.24, 2.45) is 5.73 Å². The second-order valence-electron chi connectivity index (χ2n) is 7.19. The van der Waals surface area contributed by atoms with E-state index in [1.165, 1.54) is 0 Å². The lowest BCUT2D eigenvalue weighted by atomic mass is 10.1. The number of nitrogens with two attached hydrogens (primary N) is 1. The summed E-state index contributed by atoms with van der Waals surface area (Å²) in [6, 6.07) is 15.1. The number of aryl methyl sites for hydroxylation is 1. The van der Waals surface area contributed by atoms with Crippen molar-refractivity contribution >= 4 is 10.9 Å². The molecule has 0 saturated heterocycles. The molecule has 0 aliphatic carbocycles. The molecule has 0 aliphatic heterocycles. The van der Waals surface area contributed by atoms with Crippen LogP contribution >= 0.6 is 0 Å². The highest BCUT2D eigenvalue weighted by molar-refractivity contribution is 5.81. The third-order valence-corrected chi connectivity index (χ3v) is 5.36. The molecule has 1 atom stereocenters. The Morgan fingerprint density at radius 2 is 1.79 bits per heavy atom. The molecule has 0 aliphatic rings. The zero-order valence-electron chi connectivity index (χ0n) is 17.1. The number of aromatic nitrogens is 2. The molecule has 0 radical (unpaired) electrons. The zero-order valence-corrected chi connectivity index (χ0v) is 17.1. The van der Waals surface area contributed by atoms with E-state index in [1.54, 1.807) is 4.57 Å². The Bertz CT molecular complexity index is 977. The third kappa shape index (κ3) is 4.16. The molecule has 5 heteroatoms. The maximum Gasteiger partial charge on any atom is 0.266 e. The Morgan fingerprint density at radius 1 is 1.07 bits per heavy atom. The minimum absolute atomic E-state index is 0.0523. The fourth-order valence-corrected chi connectivity index (χ4v) is 3.69. The van der Waals surface area contributed by atoms with Crippen molar-refractivity contribution in [3.63, 3.8) is 0 Å². The number of rotatable bonds is 8. The van der Waals surface area contributed by atoms with Gasteiger partial charge in [-0.2, -0.15) is 0 Å². The van der Waals surface area contributed by atoms with Crippen molar-refractivity contribution in [1.29, 1.82) is 0 Å². The van der Waals surface area contributed by atoms with Crippen LogP contribution in [0.2, 0.25) is 0 Å². The van der Waals surface area contributed by atoms with Gasteiger partial charge in [-0.25, -0.2) is 4.98 Å². The van der Waals surface area contributed by atoms with Gasteiger partial charge < -0.3 is 10.6 Å². The summed E-state index contributed by atoms with van der Waals surface area (Å²) < 4.78 is 1.69. The zero-order chi connectivity index (χ0) is 20.1. The molecule has 28 heavy (non-hydrogen) atoms. The molecule has 0 saturated carbocycles. The summed E-state index contributed by atoms with van der Waals surface area (Å²) in [7, 11) is 0. The van der Waals surface area contributed by atoms with Crippen LogP contribution in [0.25, 0.3) is 16.6 Å². The van der Waals surface area contributed by atoms with Crippen molar-refractivity contribution in [1.82, 2.24) is 14.5 Å². The van der Waals surface area contributed by atoms with Crippen LogP contribution in [0.3, 0.4) is 0 Å². The highest BCUT2D eigenvalue weighted by atomic mass is 16.1. The van der Waals surface area contributed by atoms with Gasteiger partial charge in [0.25, 0.3) is 5.56 Å². The number of hydrogen-bond acceptors (Lipinski definition) is 4. The molecule has 0 bridgehead atoms. The monoisotopic (exact) mass is 378 g/mol. The standard InChI is InChI=1S/C23H30N4O/c1-4-26(5-2)16-10-14-19(24)22-25-20-15-9-11-17(3)21(20)23(28)27(22)18-12-7-6-8-13-18/h6-9,11-13,15,19H,4-5,10,14,16,24H2,1-3H3. The molecule has 0 spiro atoms. The molecule has 2 N–H and O–H groups in total. The minimum Gasteiger partial charge on any atom is -0.321 e. The van der Waals surface area contributed by atoms with Crippen molar-refractivity contribution in [2.45, 2.75) is 39.7 Å². The first-order valence-electron chi connectivity index (χ1n) is 10.1. The van der Waals surface area contributed by atoms with Crippen molar-refractivity contribution < 1.29 is 0 Å². The second kappa shape index (κ2) is 9.13. The van der Waals surface area contributed by atoms with Gasteiger partial charge in [0.05, 0.1) is 22.6 Å². The summed E-state index contributed by atoms with van der Waals surface area (Å²) in [5, 5.41) is 0.658. The van der Waals surface area contributed by atoms with Crippen LogP contribution in [0, 0.1) is 6.92 Å². The largest absolute Gasteiger partial charge is 0.321 e. The highest BCUT2D eigenvalue weighted by Gasteiger charge is 2.19. The van der Waals surface area contributed by atoms with E-state index in [2.05, 4.69) is 18.7 Å². The second-order valence-corrected chi connectivity index (χ2v) is 7.19. The average molecular weight is 379 g/mol. The molecule has 148 valence electrons. The van der Waals surface area contributed by atoms with Crippen molar-refractivity contribution in [3.8, 4) is 5.69 Å².